The summed E-state index contributed by atoms with van der Waals surface area (Å²) in [7, 11) is 0. The van der Waals surface area contributed by atoms with E-state index in [9.17, 15) is 14.0 Å². The summed E-state index contributed by atoms with van der Waals surface area (Å²) in [4.78, 5) is 41.1. The number of hydrogen-bond acceptors (Lipinski definition) is 6. The minimum Gasteiger partial charge on any atom is -0.368 e. The zero-order valence-electron chi connectivity index (χ0n) is 16.1. The smallest absolute Gasteiger partial charge is 0.312 e. The molecule has 2 saturated heterocycles. The maximum atomic E-state index is 13.1. The number of aromatic nitrogens is 2. The molecule has 1 aromatic heterocycles. The van der Waals surface area contributed by atoms with E-state index in [0.29, 0.717) is 58.3 Å². The first-order valence-electron chi connectivity index (χ1n) is 9.72. The molecule has 9 heteroatoms. The molecule has 0 unspecified atom stereocenters. The second kappa shape index (κ2) is 8.42. The molecular weight excluding hydrogens is 375 g/mol. The van der Waals surface area contributed by atoms with Gasteiger partial charge in [-0.3, -0.25) is 9.59 Å². The summed E-state index contributed by atoms with van der Waals surface area (Å²) in [5.74, 6) is -0.531. The second-order valence-electron chi connectivity index (χ2n) is 7.08. The predicted octanol–water partition coefficient (Wildman–Crippen LogP) is 0.613. The van der Waals surface area contributed by atoms with Crippen LogP contribution in [0.5, 0.6) is 0 Å². The fourth-order valence-electron chi connectivity index (χ4n) is 3.65. The van der Waals surface area contributed by atoms with E-state index in [1.807, 2.05) is 4.90 Å². The van der Waals surface area contributed by atoms with Crippen molar-refractivity contribution in [1.82, 2.24) is 19.8 Å². The molecule has 2 aromatic rings. The van der Waals surface area contributed by atoms with Gasteiger partial charge in [-0.25, -0.2) is 14.4 Å². The van der Waals surface area contributed by atoms with Gasteiger partial charge in [0, 0.05) is 70.4 Å². The van der Waals surface area contributed by atoms with Crippen LogP contribution in [0.3, 0.4) is 0 Å². The average Bonchev–Trinajstić information content (AvgIpc) is 2.79. The minimum atomic E-state index is -0.451. The summed E-state index contributed by atoms with van der Waals surface area (Å²) in [5, 5.41) is 0. The number of amides is 2. The number of carbonyl (C=O) groups excluding carboxylic acids is 2. The van der Waals surface area contributed by atoms with Crippen molar-refractivity contribution in [1.29, 1.82) is 0 Å². The van der Waals surface area contributed by atoms with Crippen molar-refractivity contribution < 1.29 is 14.0 Å². The highest BCUT2D eigenvalue weighted by Gasteiger charge is 2.31. The standard InChI is InChI=1S/C20H23FN6O2/c21-16-2-4-17(5-3-16)24-8-10-25(11-9-24)18(28)19(29)26-12-14-27(15-13-26)20-22-6-1-7-23-20/h1-7H,8-15H2. The fraction of sp³-hybridized carbons (Fsp3) is 0.400. The maximum absolute atomic E-state index is 13.1. The monoisotopic (exact) mass is 398 g/mol. The van der Waals surface area contributed by atoms with Crippen molar-refractivity contribution in [2.75, 3.05) is 62.2 Å². The van der Waals surface area contributed by atoms with Crippen molar-refractivity contribution in [2.45, 2.75) is 0 Å². The number of rotatable bonds is 2. The van der Waals surface area contributed by atoms with Crippen molar-refractivity contribution in [3.05, 3.63) is 48.5 Å². The summed E-state index contributed by atoms with van der Waals surface area (Å²) in [6.07, 6.45) is 3.38. The van der Waals surface area contributed by atoms with Crippen LogP contribution in [0.1, 0.15) is 0 Å². The Bertz CT molecular complexity index is 847. The molecule has 0 spiro atoms. The van der Waals surface area contributed by atoms with E-state index < -0.39 is 11.8 Å². The Hall–Kier alpha value is -3.23. The van der Waals surface area contributed by atoms with Gasteiger partial charge in [0.2, 0.25) is 5.95 Å². The molecule has 0 N–H and O–H groups in total. The largest absolute Gasteiger partial charge is 0.368 e. The first kappa shape index (κ1) is 19.1. The highest BCUT2D eigenvalue weighted by atomic mass is 19.1. The molecular formula is C20H23FN6O2. The van der Waals surface area contributed by atoms with Gasteiger partial charge in [0.05, 0.1) is 0 Å². The van der Waals surface area contributed by atoms with E-state index >= 15 is 0 Å². The van der Waals surface area contributed by atoms with E-state index in [1.165, 1.54) is 12.1 Å². The van der Waals surface area contributed by atoms with Gasteiger partial charge in [-0.1, -0.05) is 0 Å². The van der Waals surface area contributed by atoms with Gasteiger partial charge in [-0.05, 0) is 30.3 Å². The van der Waals surface area contributed by atoms with Gasteiger partial charge in [0.1, 0.15) is 5.82 Å². The zero-order chi connectivity index (χ0) is 20.2. The Morgan fingerprint density at radius 3 is 1.72 bits per heavy atom. The third-order valence-electron chi connectivity index (χ3n) is 5.34. The molecule has 152 valence electrons. The number of benzene rings is 1. The molecule has 0 aliphatic carbocycles. The molecule has 0 atom stereocenters. The number of piperazine rings is 2. The van der Waals surface area contributed by atoms with Crippen LogP contribution in [0.25, 0.3) is 0 Å². The van der Waals surface area contributed by atoms with Gasteiger partial charge in [-0.15, -0.1) is 0 Å². The molecule has 4 rings (SSSR count). The molecule has 2 fully saturated rings. The first-order valence-corrected chi connectivity index (χ1v) is 9.72. The van der Waals surface area contributed by atoms with Crippen molar-refractivity contribution in [3.63, 3.8) is 0 Å². The SMILES string of the molecule is O=C(C(=O)N1CCN(c2ncccn2)CC1)N1CCN(c2ccc(F)cc2)CC1. The first-order chi connectivity index (χ1) is 14.1. The highest BCUT2D eigenvalue weighted by molar-refractivity contribution is 6.35. The van der Waals surface area contributed by atoms with Gasteiger partial charge < -0.3 is 19.6 Å². The molecule has 3 heterocycles. The molecule has 2 amide bonds. The lowest BCUT2D eigenvalue weighted by atomic mass is 10.2. The van der Waals surface area contributed by atoms with Crippen LogP contribution in [0, 0.1) is 5.82 Å². The van der Waals surface area contributed by atoms with Gasteiger partial charge in [0.25, 0.3) is 0 Å². The van der Waals surface area contributed by atoms with Crippen molar-refractivity contribution in [2.24, 2.45) is 0 Å². The van der Waals surface area contributed by atoms with Crippen LogP contribution < -0.4 is 9.80 Å². The minimum absolute atomic E-state index is 0.271. The Morgan fingerprint density at radius 1 is 0.724 bits per heavy atom. The van der Waals surface area contributed by atoms with E-state index in [1.54, 1.807) is 40.4 Å². The van der Waals surface area contributed by atoms with E-state index in [2.05, 4.69) is 14.9 Å². The van der Waals surface area contributed by atoms with Crippen LogP contribution in [0.15, 0.2) is 42.7 Å². The molecule has 1 aromatic carbocycles. The molecule has 0 saturated carbocycles. The van der Waals surface area contributed by atoms with Crippen LogP contribution in [-0.4, -0.2) is 83.9 Å². The van der Waals surface area contributed by atoms with Crippen molar-refractivity contribution in [3.8, 4) is 0 Å². The maximum Gasteiger partial charge on any atom is 0.312 e. The number of halogens is 1. The number of nitrogens with zero attached hydrogens (tertiary/aromatic N) is 6. The number of anilines is 2. The second-order valence-corrected chi connectivity index (χ2v) is 7.08. The summed E-state index contributed by atoms with van der Waals surface area (Å²) >= 11 is 0. The number of hydrogen-bond donors (Lipinski definition) is 0. The Kier molecular flexibility index (Phi) is 5.55. The van der Waals surface area contributed by atoms with Crippen LogP contribution in [0.2, 0.25) is 0 Å². The number of carbonyl (C=O) groups is 2. The van der Waals surface area contributed by atoms with E-state index in [4.69, 9.17) is 0 Å². The summed E-state index contributed by atoms with van der Waals surface area (Å²) in [6, 6.07) is 8.08. The molecule has 2 aliphatic heterocycles. The van der Waals surface area contributed by atoms with Crippen LogP contribution >= 0.6 is 0 Å². The zero-order valence-corrected chi connectivity index (χ0v) is 16.1. The third-order valence-corrected chi connectivity index (χ3v) is 5.34. The highest BCUT2D eigenvalue weighted by Crippen LogP contribution is 2.17. The lowest BCUT2D eigenvalue weighted by Crippen LogP contribution is -2.56. The van der Waals surface area contributed by atoms with Gasteiger partial charge in [-0.2, -0.15) is 0 Å². The third kappa shape index (κ3) is 4.28. The Balaban J connectivity index is 1.28. The Labute approximate surface area is 168 Å². The summed E-state index contributed by atoms with van der Waals surface area (Å²) in [6.45, 7) is 4.31. The predicted molar refractivity (Wildman–Crippen MR) is 106 cm³/mol. The lowest BCUT2D eigenvalue weighted by molar-refractivity contribution is -0.152. The van der Waals surface area contributed by atoms with Crippen molar-refractivity contribution >= 4 is 23.5 Å². The lowest BCUT2D eigenvalue weighted by Gasteiger charge is -2.38. The van der Waals surface area contributed by atoms with E-state index in [0.717, 1.165) is 5.69 Å². The van der Waals surface area contributed by atoms with E-state index in [-0.39, 0.29) is 5.82 Å². The molecule has 0 bridgehead atoms. The normalized spacial score (nSPS) is 17.4. The molecule has 0 radical (unpaired) electrons. The van der Waals surface area contributed by atoms with Crippen LogP contribution in [-0.2, 0) is 9.59 Å². The quantitative estimate of drug-likeness (QED) is 0.691. The van der Waals surface area contributed by atoms with Crippen LogP contribution in [0.4, 0.5) is 16.0 Å². The molecule has 29 heavy (non-hydrogen) atoms. The molecule has 2 aliphatic rings. The fourth-order valence-corrected chi connectivity index (χ4v) is 3.65. The average molecular weight is 398 g/mol. The Morgan fingerprint density at radius 2 is 1.21 bits per heavy atom. The molecule has 8 nitrogen and oxygen atoms in total. The van der Waals surface area contributed by atoms with Gasteiger partial charge in [0.15, 0.2) is 0 Å². The van der Waals surface area contributed by atoms with Gasteiger partial charge >= 0.3 is 11.8 Å². The summed E-state index contributed by atoms with van der Waals surface area (Å²) < 4.78 is 13.1. The summed E-state index contributed by atoms with van der Waals surface area (Å²) in [5.41, 5.74) is 0.920. The topological polar surface area (TPSA) is 72.9 Å².